The molecule has 1 aromatic carbocycles. The minimum absolute atomic E-state index is 0.422. The smallest absolute Gasteiger partial charge is 0.488 e. The molecule has 0 spiro atoms. The van der Waals surface area contributed by atoms with Crippen molar-refractivity contribution in [3.05, 3.63) is 24.3 Å². The molecular formula is C12H18BNO4S. The number of hydrogen-bond acceptors (Lipinski definition) is 5. The largest absolute Gasteiger partial charge is 0.492 e. The Hall–Kier alpha value is -0.885. The normalized spacial score (nSPS) is 17.4. The molecule has 1 heterocycles. The lowest BCUT2D eigenvalue weighted by molar-refractivity contribution is 0.221. The minimum atomic E-state index is -1.47. The maximum atomic E-state index is 11.2. The Morgan fingerprint density at radius 1 is 1.32 bits per heavy atom. The number of rotatable bonds is 5. The molecule has 104 valence electrons. The van der Waals surface area contributed by atoms with Gasteiger partial charge in [-0.3, -0.25) is 9.11 Å². The van der Waals surface area contributed by atoms with Gasteiger partial charge in [-0.15, -0.1) is 0 Å². The lowest BCUT2D eigenvalue weighted by Gasteiger charge is -2.25. The van der Waals surface area contributed by atoms with Crippen LogP contribution in [0.1, 0.15) is 0 Å². The summed E-state index contributed by atoms with van der Waals surface area (Å²) in [5, 5.41) is 18.1. The van der Waals surface area contributed by atoms with Gasteiger partial charge in [0.2, 0.25) is 0 Å². The molecule has 0 bridgehead atoms. The molecule has 0 amide bonds. The van der Waals surface area contributed by atoms with Crippen LogP contribution in [-0.2, 0) is 10.8 Å². The summed E-state index contributed by atoms with van der Waals surface area (Å²) >= 11 is 0. The van der Waals surface area contributed by atoms with E-state index in [1.54, 1.807) is 24.3 Å². The summed E-state index contributed by atoms with van der Waals surface area (Å²) in [6, 6.07) is 6.78. The minimum Gasteiger partial charge on any atom is -0.492 e. The first-order chi connectivity index (χ1) is 9.15. The van der Waals surface area contributed by atoms with Crippen molar-refractivity contribution in [3.8, 4) is 5.75 Å². The zero-order valence-corrected chi connectivity index (χ0v) is 11.5. The zero-order chi connectivity index (χ0) is 13.7. The van der Waals surface area contributed by atoms with Crippen molar-refractivity contribution in [1.82, 2.24) is 4.90 Å². The predicted molar refractivity (Wildman–Crippen MR) is 76.1 cm³/mol. The summed E-state index contributed by atoms with van der Waals surface area (Å²) < 4.78 is 16.8. The van der Waals surface area contributed by atoms with Gasteiger partial charge < -0.3 is 14.8 Å². The molecule has 0 aliphatic carbocycles. The van der Waals surface area contributed by atoms with Crippen LogP contribution in [0.4, 0.5) is 0 Å². The molecule has 0 unspecified atom stereocenters. The van der Waals surface area contributed by atoms with E-state index in [1.807, 2.05) is 0 Å². The van der Waals surface area contributed by atoms with Crippen LogP contribution in [0.3, 0.4) is 0 Å². The third kappa shape index (κ3) is 4.61. The van der Waals surface area contributed by atoms with Crippen molar-refractivity contribution < 1.29 is 19.0 Å². The summed E-state index contributed by atoms with van der Waals surface area (Å²) in [6.45, 7) is 3.04. The second-order valence-corrected chi connectivity index (χ2v) is 6.18. The summed E-state index contributed by atoms with van der Waals surface area (Å²) in [5.41, 5.74) is 0.422. The topological polar surface area (TPSA) is 70.0 Å². The first-order valence-corrected chi connectivity index (χ1v) is 7.80. The molecule has 1 fully saturated rings. The summed E-state index contributed by atoms with van der Waals surface area (Å²) in [5.74, 6) is 2.12. The molecule has 0 atom stereocenters. The van der Waals surface area contributed by atoms with Gasteiger partial charge in [0.25, 0.3) is 0 Å². The lowest BCUT2D eigenvalue weighted by atomic mass is 9.80. The molecule has 2 rings (SSSR count). The molecule has 7 heteroatoms. The van der Waals surface area contributed by atoms with E-state index in [1.165, 1.54) is 0 Å². The van der Waals surface area contributed by atoms with Crippen LogP contribution in [0.5, 0.6) is 5.75 Å². The Morgan fingerprint density at radius 3 is 2.74 bits per heavy atom. The van der Waals surface area contributed by atoms with Gasteiger partial charge in [-0.2, -0.15) is 0 Å². The Bertz CT molecular complexity index is 433. The highest BCUT2D eigenvalue weighted by molar-refractivity contribution is 7.85. The third-order valence-corrected chi connectivity index (χ3v) is 4.38. The number of hydrogen-bond donors (Lipinski definition) is 2. The standard InChI is InChI=1S/C12H18BNO4S/c15-13(16)11-2-1-3-12(10-11)18-7-4-14-5-8-19(17)9-6-14/h1-3,10,15-16H,4-9H2. The second kappa shape index (κ2) is 7.05. The van der Waals surface area contributed by atoms with Crippen molar-refractivity contribution in [2.24, 2.45) is 0 Å². The lowest BCUT2D eigenvalue weighted by Crippen LogP contribution is -2.39. The maximum absolute atomic E-state index is 11.2. The number of benzene rings is 1. The first kappa shape index (κ1) is 14.5. The van der Waals surface area contributed by atoms with E-state index >= 15 is 0 Å². The monoisotopic (exact) mass is 283 g/mol. The molecule has 0 aromatic heterocycles. The van der Waals surface area contributed by atoms with Crippen molar-refractivity contribution in [1.29, 1.82) is 0 Å². The quantitative estimate of drug-likeness (QED) is 0.665. The van der Waals surface area contributed by atoms with Gasteiger partial charge in [-0.1, -0.05) is 12.1 Å². The van der Waals surface area contributed by atoms with Gasteiger partial charge in [0.15, 0.2) is 0 Å². The fourth-order valence-corrected chi connectivity index (χ4v) is 3.08. The zero-order valence-electron chi connectivity index (χ0n) is 10.7. The summed E-state index contributed by atoms with van der Waals surface area (Å²) in [6.07, 6.45) is 0. The van der Waals surface area contributed by atoms with E-state index in [-0.39, 0.29) is 0 Å². The molecule has 19 heavy (non-hydrogen) atoms. The van der Waals surface area contributed by atoms with E-state index in [2.05, 4.69) is 4.90 Å². The van der Waals surface area contributed by atoms with Crippen LogP contribution in [0.15, 0.2) is 24.3 Å². The highest BCUT2D eigenvalue weighted by atomic mass is 32.2. The molecule has 1 aliphatic rings. The van der Waals surface area contributed by atoms with E-state index in [9.17, 15) is 4.21 Å². The average Bonchev–Trinajstić information content (AvgIpc) is 2.41. The highest BCUT2D eigenvalue weighted by Crippen LogP contribution is 2.08. The van der Waals surface area contributed by atoms with Gasteiger partial charge in [-0.25, -0.2) is 0 Å². The van der Waals surface area contributed by atoms with Crippen LogP contribution < -0.4 is 10.2 Å². The Morgan fingerprint density at radius 2 is 2.05 bits per heavy atom. The highest BCUT2D eigenvalue weighted by Gasteiger charge is 2.15. The van der Waals surface area contributed by atoms with E-state index in [0.717, 1.165) is 31.1 Å². The molecular weight excluding hydrogens is 265 g/mol. The van der Waals surface area contributed by atoms with Gasteiger partial charge in [-0.05, 0) is 17.6 Å². The van der Waals surface area contributed by atoms with Crippen LogP contribution in [0.2, 0.25) is 0 Å². The van der Waals surface area contributed by atoms with E-state index in [4.69, 9.17) is 14.8 Å². The average molecular weight is 283 g/mol. The van der Waals surface area contributed by atoms with Crippen molar-refractivity contribution in [2.45, 2.75) is 0 Å². The molecule has 0 saturated carbocycles. The van der Waals surface area contributed by atoms with Gasteiger partial charge in [0.05, 0.1) is 0 Å². The van der Waals surface area contributed by atoms with Crippen LogP contribution in [0.25, 0.3) is 0 Å². The van der Waals surface area contributed by atoms with Crippen LogP contribution in [0, 0.1) is 0 Å². The SMILES string of the molecule is O=S1CCN(CCOc2cccc(B(O)O)c2)CC1. The van der Waals surface area contributed by atoms with Crippen molar-refractivity contribution in [2.75, 3.05) is 37.7 Å². The first-order valence-electron chi connectivity index (χ1n) is 6.31. The van der Waals surface area contributed by atoms with Gasteiger partial charge in [0.1, 0.15) is 12.4 Å². The molecule has 1 aromatic rings. The Kier molecular flexibility index (Phi) is 5.39. The summed E-state index contributed by atoms with van der Waals surface area (Å²) in [4.78, 5) is 2.23. The van der Waals surface area contributed by atoms with Crippen LogP contribution in [-0.4, -0.2) is 64.0 Å². The van der Waals surface area contributed by atoms with Crippen LogP contribution >= 0.6 is 0 Å². The number of nitrogens with zero attached hydrogens (tertiary/aromatic N) is 1. The molecule has 2 N–H and O–H groups in total. The second-order valence-electron chi connectivity index (χ2n) is 4.48. The molecule has 5 nitrogen and oxygen atoms in total. The molecule has 0 radical (unpaired) electrons. The van der Waals surface area contributed by atoms with Gasteiger partial charge >= 0.3 is 7.12 Å². The van der Waals surface area contributed by atoms with Crippen molar-refractivity contribution in [3.63, 3.8) is 0 Å². The third-order valence-electron chi connectivity index (χ3n) is 3.10. The van der Waals surface area contributed by atoms with Crippen molar-refractivity contribution >= 4 is 23.4 Å². The Labute approximate surface area is 115 Å². The Balaban J connectivity index is 1.76. The fourth-order valence-electron chi connectivity index (χ4n) is 1.96. The van der Waals surface area contributed by atoms with E-state index < -0.39 is 17.9 Å². The van der Waals surface area contributed by atoms with E-state index in [0.29, 0.717) is 17.8 Å². The summed E-state index contributed by atoms with van der Waals surface area (Å²) in [7, 11) is -2.12. The van der Waals surface area contributed by atoms with Gasteiger partial charge in [0, 0.05) is 41.9 Å². The maximum Gasteiger partial charge on any atom is 0.488 e. The number of ether oxygens (including phenoxy) is 1. The predicted octanol–water partition coefficient (Wildman–Crippen LogP) is -1.19. The fraction of sp³-hybridized carbons (Fsp3) is 0.500. The molecule has 1 aliphatic heterocycles. The molecule has 1 saturated heterocycles.